The van der Waals surface area contributed by atoms with Gasteiger partial charge < -0.3 is 15.1 Å². The van der Waals surface area contributed by atoms with Crippen LogP contribution in [-0.4, -0.2) is 43.3 Å². The number of rotatable bonds is 8. The lowest BCUT2D eigenvalue weighted by Crippen LogP contribution is -2.38. The van der Waals surface area contributed by atoms with Gasteiger partial charge in [0.15, 0.2) is 11.6 Å². The molecule has 1 aliphatic rings. The summed E-state index contributed by atoms with van der Waals surface area (Å²) in [5.74, 6) is -2.77. The number of hydrogen-bond acceptors (Lipinski definition) is 7. The van der Waals surface area contributed by atoms with E-state index < -0.39 is 40.6 Å². The van der Waals surface area contributed by atoms with Crippen molar-refractivity contribution in [2.75, 3.05) is 11.4 Å². The van der Waals surface area contributed by atoms with E-state index in [1.165, 1.54) is 36.3 Å². The van der Waals surface area contributed by atoms with Gasteiger partial charge in [0.25, 0.3) is 6.47 Å². The predicted octanol–water partition coefficient (Wildman–Crippen LogP) is 4.23. The predicted molar refractivity (Wildman–Crippen MR) is 146 cm³/mol. The summed E-state index contributed by atoms with van der Waals surface area (Å²) < 4.78 is 42.6. The lowest BCUT2D eigenvalue weighted by atomic mass is 9.87. The number of benzene rings is 2. The normalized spacial score (nSPS) is 13.8. The number of hydrogen-bond donors (Lipinski definition) is 3. The molecule has 1 saturated carbocycles. The van der Waals surface area contributed by atoms with Gasteiger partial charge in [-0.1, -0.05) is 25.3 Å². The monoisotopic (exact) mass is 585 g/mol. The Morgan fingerprint density at radius 1 is 1.20 bits per heavy atom. The van der Waals surface area contributed by atoms with Gasteiger partial charge in [0, 0.05) is 23.9 Å². The Kier molecular flexibility index (Phi) is 11.4. The summed E-state index contributed by atoms with van der Waals surface area (Å²) in [5.41, 5.74) is 1.89. The first kappa shape index (κ1) is 31.3. The molecule has 1 atom stereocenters. The van der Waals surface area contributed by atoms with Gasteiger partial charge in [0.2, 0.25) is 5.91 Å². The average Bonchev–Trinajstić information content (AvgIpc) is 2.98. The Balaban J connectivity index is 0.00000147. The molecule has 0 saturated heterocycles. The van der Waals surface area contributed by atoms with Crippen LogP contribution in [0.15, 0.2) is 47.6 Å². The maximum Gasteiger partial charge on any atom is 0.290 e. The number of aromatic nitrogens is 2. The second-order valence-corrected chi connectivity index (χ2v) is 10.6. The maximum atomic E-state index is 13.8. The minimum atomic E-state index is -2.10. The molecule has 10 nitrogen and oxygen atoms in total. The second kappa shape index (κ2) is 14.9. The zero-order chi connectivity index (χ0) is 29.9. The summed E-state index contributed by atoms with van der Waals surface area (Å²) in [5, 5.41) is 26.1. The van der Waals surface area contributed by atoms with E-state index in [1.807, 2.05) is 0 Å². The molecule has 216 valence electrons. The van der Waals surface area contributed by atoms with Gasteiger partial charge in [-0.05, 0) is 43.5 Å². The standard InChI is InChI=1S/C27H27F2N5O3S.CH2O2/c1-17-7-8-21(10-25(17)35)34(16-20-13-32-24(14-31-20)18-5-3-2-4-6-18)26(36)15-33-38(37)22-9-19(12-30)27(29)23(28)11-22;2-1-3/h7-11,13-14,18,33,35H,2-6,15-16H2,1H3;1H,(H,2,3). The molecular weight excluding hydrogens is 556 g/mol. The highest BCUT2D eigenvalue weighted by atomic mass is 32.2. The molecule has 1 unspecified atom stereocenters. The number of phenols is 1. The first-order chi connectivity index (χ1) is 19.7. The summed E-state index contributed by atoms with van der Waals surface area (Å²) in [6, 6.07) is 7.97. The highest BCUT2D eigenvalue weighted by molar-refractivity contribution is 7.83. The van der Waals surface area contributed by atoms with Gasteiger partial charge in [-0.2, -0.15) is 5.26 Å². The summed E-state index contributed by atoms with van der Waals surface area (Å²) in [4.78, 5) is 31.9. The number of amides is 1. The minimum Gasteiger partial charge on any atom is -0.508 e. The minimum absolute atomic E-state index is 0.00128. The number of halogens is 2. The maximum absolute atomic E-state index is 13.8. The molecule has 1 fully saturated rings. The molecule has 4 rings (SSSR count). The third-order valence-corrected chi connectivity index (χ3v) is 7.64. The van der Waals surface area contributed by atoms with Crippen LogP contribution in [-0.2, 0) is 27.1 Å². The van der Waals surface area contributed by atoms with Crippen molar-refractivity contribution in [3.8, 4) is 11.8 Å². The Morgan fingerprint density at radius 3 is 2.51 bits per heavy atom. The fourth-order valence-corrected chi connectivity index (χ4v) is 5.22. The lowest BCUT2D eigenvalue weighted by molar-refractivity contribution is -0.123. The summed E-state index contributed by atoms with van der Waals surface area (Å²) in [6.07, 6.45) is 9.11. The first-order valence-electron chi connectivity index (χ1n) is 12.7. The van der Waals surface area contributed by atoms with Gasteiger partial charge in [-0.25, -0.2) is 17.7 Å². The molecule has 0 aliphatic heterocycles. The van der Waals surface area contributed by atoms with Crippen molar-refractivity contribution in [3.63, 3.8) is 0 Å². The molecule has 41 heavy (non-hydrogen) atoms. The van der Waals surface area contributed by atoms with E-state index in [4.69, 9.17) is 15.2 Å². The highest BCUT2D eigenvalue weighted by Gasteiger charge is 2.22. The Bertz CT molecular complexity index is 1440. The first-order valence-corrected chi connectivity index (χ1v) is 13.9. The van der Waals surface area contributed by atoms with Gasteiger partial charge in [0.1, 0.15) is 22.8 Å². The number of phenolic OH excluding ortho intramolecular Hbond substituents is 1. The van der Waals surface area contributed by atoms with Crippen LogP contribution in [0.2, 0.25) is 0 Å². The van der Waals surface area contributed by atoms with E-state index in [-0.39, 0.29) is 23.7 Å². The van der Waals surface area contributed by atoms with Crippen molar-refractivity contribution in [1.82, 2.24) is 14.7 Å². The molecule has 0 bridgehead atoms. The molecule has 0 spiro atoms. The van der Waals surface area contributed by atoms with E-state index in [0.717, 1.165) is 24.6 Å². The van der Waals surface area contributed by atoms with Gasteiger partial charge in [-0.3, -0.25) is 19.6 Å². The van der Waals surface area contributed by atoms with Gasteiger partial charge in [0.05, 0.1) is 41.1 Å². The molecule has 2 aromatic carbocycles. The topological polar surface area (TPSA) is 157 Å². The van der Waals surface area contributed by atoms with E-state index in [9.17, 15) is 22.9 Å². The van der Waals surface area contributed by atoms with E-state index in [1.54, 1.807) is 31.5 Å². The molecular formula is C28H29F2N5O5S. The van der Waals surface area contributed by atoms with Crippen molar-refractivity contribution in [2.24, 2.45) is 0 Å². The van der Waals surface area contributed by atoms with Crippen molar-refractivity contribution >= 4 is 29.1 Å². The van der Waals surface area contributed by atoms with Gasteiger partial charge in [-0.15, -0.1) is 0 Å². The van der Waals surface area contributed by atoms with Crippen LogP contribution in [0.3, 0.4) is 0 Å². The third-order valence-electron chi connectivity index (χ3n) is 6.57. The zero-order valence-corrected chi connectivity index (χ0v) is 23.0. The van der Waals surface area contributed by atoms with Crippen LogP contribution in [0.25, 0.3) is 0 Å². The smallest absolute Gasteiger partial charge is 0.290 e. The summed E-state index contributed by atoms with van der Waals surface area (Å²) >= 11 is 0. The molecule has 13 heteroatoms. The zero-order valence-electron chi connectivity index (χ0n) is 22.2. The lowest BCUT2D eigenvalue weighted by Gasteiger charge is -2.24. The SMILES string of the molecule is Cc1ccc(N(Cc2cnc(C3CCCCC3)cn2)C(=O)CNS(=O)c2cc(F)c(F)c(C#N)c2)cc1O.O=CO. The van der Waals surface area contributed by atoms with Crippen molar-refractivity contribution < 1.29 is 32.8 Å². The highest BCUT2D eigenvalue weighted by Crippen LogP contribution is 2.31. The molecule has 1 amide bonds. The number of carbonyl (C=O) groups is 2. The van der Waals surface area contributed by atoms with E-state index >= 15 is 0 Å². The van der Waals surface area contributed by atoms with Crippen LogP contribution in [0.5, 0.6) is 5.75 Å². The van der Waals surface area contributed by atoms with Crippen LogP contribution in [0, 0.1) is 29.9 Å². The molecule has 1 heterocycles. The Hall–Kier alpha value is -4.28. The second-order valence-electron chi connectivity index (χ2n) is 9.29. The summed E-state index contributed by atoms with van der Waals surface area (Å²) in [7, 11) is -2.10. The number of nitrogens with zero attached hydrogens (tertiary/aromatic N) is 4. The number of anilines is 1. The molecule has 3 N–H and O–H groups in total. The fraction of sp³-hybridized carbons (Fsp3) is 0.321. The Morgan fingerprint density at radius 2 is 1.90 bits per heavy atom. The molecule has 3 aromatic rings. The number of aryl methyl sites for hydroxylation is 1. The van der Waals surface area contributed by atoms with Crippen LogP contribution in [0.4, 0.5) is 14.5 Å². The Labute approximate surface area is 238 Å². The molecule has 1 aliphatic carbocycles. The van der Waals surface area contributed by atoms with Crippen molar-refractivity contribution in [3.05, 3.63) is 76.9 Å². The number of nitrogens with one attached hydrogen (secondary N) is 1. The van der Waals surface area contributed by atoms with E-state index in [2.05, 4.69) is 14.7 Å². The molecule has 1 aromatic heterocycles. The van der Waals surface area contributed by atoms with E-state index in [0.29, 0.717) is 28.9 Å². The largest absolute Gasteiger partial charge is 0.508 e. The number of carboxylic acid groups (broad SMARTS) is 1. The van der Waals surface area contributed by atoms with Crippen LogP contribution >= 0.6 is 0 Å². The van der Waals surface area contributed by atoms with Crippen molar-refractivity contribution in [1.29, 1.82) is 5.26 Å². The van der Waals surface area contributed by atoms with Crippen LogP contribution in [0.1, 0.15) is 60.5 Å². The van der Waals surface area contributed by atoms with Crippen LogP contribution < -0.4 is 9.62 Å². The third kappa shape index (κ3) is 8.36. The average molecular weight is 586 g/mol. The molecule has 0 radical (unpaired) electrons. The van der Waals surface area contributed by atoms with Gasteiger partial charge >= 0.3 is 0 Å². The number of nitriles is 1. The fourth-order valence-electron chi connectivity index (χ4n) is 4.37. The number of aromatic hydroxyl groups is 1. The number of carbonyl (C=O) groups excluding carboxylic acids is 1. The van der Waals surface area contributed by atoms with Crippen molar-refractivity contribution in [2.45, 2.75) is 56.4 Å². The summed E-state index contributed by atoms with van der Waals surface area (Å²) in [6.45, 7) is 1.08. The quantitative estimate of drug-likeness (QED) is 0.332.